The van der Waals surface area contributed by atoms with Gasteiger partial charge in [-0.15, -0.1) is 0 Å². The van der Waals surface area contributed by atoms with Gasteiger partial charge in [0.1, 0.15) is 0 Å². The number of nitrogens with zero attached hydrogens (tertiary/aromatic N) is 1. The molecule has 0 radical (unpaired) electrons. The number of aromatic nitrogens is 1. The molecule has 0 aliphatic heterocycles. The van der Waals surface area contributed by atoms with E-state index in [2.05, 4.69) is 20.9 Å². The van der Waals surface area contributed by atoms with E-state index in [4.69, 9.17) is 15.2 Å². The van der Waals surface area contributed by atoms with Crippen LogP contribution in [0.25, 0.3) is 0 Å². The largest absolute Gasteiger partial charge is 0.488 e. The van der Waals surface area contributed by atoms with Gasteiger partial charge in [-0.3, -0.25) is 0 Å². The monoisotopic (exact) mass is 308 g/mol. The molecule has 1 aromatic carbocycles. The first-order valence-corrected chi connectivity index (χ1v) is 6.30. The molecule has 94 valence electrons. The van der Waals surface area contributed by atoms with Crippen molar-refractivity contribution in [3.8, 4) is 17.4 Å². The fourth-order valence-electron chi connectivity index (χ4n) is 1.43. The van der Waals surface area contributed by atoms with Gasteiger partial charge in [0.2, 0.25) is 0 Å². The number of benzene rings is 1. The second kappa shape index (κ2) is 5.73. The number of hydrogen-bond acceptors (Lipinski definition) is 4. The zero-order chi connectivity index (χ0) is 13.0. The zero-order valence-electron chi connectivity index (χ0n) is 9.89. The van der Waals surface area contributed by atoms with Crippen LogP contribution in [-0.4, -0.2) is 11.6 Å². The summed E-state index contributed by atoms with van der Waals surface area (Å²) in [5.41, 5.74) is 6.41. The molecule has 2 rings (SSSR count). The molecular weight excluding hydrogens is 296 g/mol. The molecule has 0 aliphatic rings. The number of pyridine rings is 1. The fourth-order valence-corrected chi connectivity index (χ4v) is 1.81. The molecule has 4 nitrogen and oxygen atoms in total. The summed E-state index contributed by atoms with van der Waals surface area (Å²) in [5.74, 6) is 1.56. The number of nitrogen functional groups attached to an aromatic ring is 1. The number of nitrogens with two attached hydrogens (primary N) is 1. The molecule has 2 N–H and O–H groups in total. The lowest BCUT2D eigenvalue weighted by atomic mass is 10.3. The Hall–Kier alpha value is -1.75. The highest BCUT2D eigenvalue weighted by Crippen LogP contribution is 2.33. The minimum atomic E-state index is 0.411. The van der Waals surface area contributed by atoms with Gasteiger partial charge in [-0.2, -0.15) is 0 Å². The van der Waals surface area contributed by atoms with Crippen molar-refractivity contribution in [2.24, 2.45) is 0 Å². The second-order valence-electron chi connectivity index (χ2n) is 3.52. The molecule has 0 aliphatic carbocycles. The van der Waals surface area contributed by atoms with Gasteiger partial charge in [0, 0.05) is 10.7 Å². The van der Waals surface area contributed by atoms with Crippen molar-refractivity contribution in [3.63, 3.8) is 0 Å². The Morgan fingerprint density at radius 3 is 2.83 bits per heavy atom. The zero-order valence-corrected chi connectivity index (χ0v) is 11.5. The first-order valence-electron chi connectivity index (χ1n) is 5.51. The van der Waals surface area contributed by atoms with E-state index in [0.717, 1.165) is 4.47 Å². The minimum absolute atomic E-state index is 0.411. The molecule has 0 saturated heterocycles. The molecule has 18 heavy (non-hydrogen) atoms. The molecule has 5 heteroatoms. The summed E-state index contributed by atoms with van der Waals surface area (Å²) in [4.78, 5) is 4.14. The molecule has 0 unspecified atom stereocenters. The van der Waals surface area contributed by atoms with E-state index in [1.807, 2.05) is 13.0 Å². The van der Waals surface area contributed by atoms with Gasteiger partial charge in [-0.25, -0.2) is 4.98 Å². The number of anilines is 1. The van der Waals surface area contributed by atoms with E-state index in [9.17, 15) is 0 Å². The van der Waals surface area contributed by atoms with Crippen molar-refractivity contribution >= 4 is 21.6 Å². The van der Waals surface area contributed by atoms with Crippen molar-refractivity contribution < 1.29 is 9.47 Å². The predicted octanol–water partition coefficient (Wildman–Crippen LogP) is 3.62. The highest BCUT2D eigenvalue weighted by atomic mass is 79.9. The Morgan fingerprint density at radius 2 is 2.11 bits per heavy atom. The molecule has 1 heterocycles. The Kier molecular flexibility index (Phi) is 4.04. The molecule has 0 amide bonds. The van der Waals surface area contributed by atoms with Gasteiger partial charge >= 0.3 is 0 Å². The molecule has 0 atom stereocenters. The van der Waals surface area contributed by atoms with E-state index < -0.39 is 0 Å². The summed E-state index contributed by atoms with van der Waals surface area (Å²) in [6, 6.07) is 9.01. The Labute approximate surface area is 114 Å². The molecule has 0 bridgehead atoms. The van der Waals surface area contributed by atoms with Crippen LogP contribution >= 0.6 is 15.9 Å². The first-order chi connectivity index (χ1) is 8.70. The van der Waals surface area contributed by atoms with Gasteiger partial charge in [0.05, 0.1) is 12.3 Å². The van der Waals surface area contributed by atoms with Gasteiger partial charge in [-0.05, 0) is 37.3 Å². The van der Waals surface area contributed by atoms with Crippen molar-refractivity contribution in [2.75, 3.05) is 12.3 Å². The van der Waals surface area contributed by atoms with Crippen LogP contribution in [0.2, 0.25) is 0 Å². The molecule has 1 aromatic heterocycles. The summed E-state index contributed by atoms with van der Waals surface area (Å²) < 4.78 is 12.0. The summed E-state index contributed by atoms with van der Waals surface area (Å²) in [7, 11) is 0. The maximum atomic E-state index is 5.87. The number of halogens is 1. The van der Waals surface area contributed by atoms with Crippen LogP contribution in [0.1, 0.15) is 6.92 Å². The summed E-state index contributed by atoms with van der Waals surface area (Å²) >= 11 is 3.35. The van der Waals surface area contributed by atoms with Crippen molar-refractivity contribution in [3.05, 3.63) is 41.0 Å². The van der Waals surface area contributed by atoms with E-state index in [1.165, 1.54) is 0 Å². The Balaban J connectivity index is 2.28. The van der Waals surface area contributed by atoms with E-state index >= 15 is 0 Å². The van der Waals surface area contributed by atoms with Crippen LogP contribution in [0.15, 0.2) is 41.0 Å². The first kappa shape index (κ1) is 12.7. The van der Waals surface area contributed by atoms with Gasteiger partial charge < -0.3 is 15.2 Å². The van der Waals surface area contributed by atoms with Gasteiger partial charge in [0.15, 0.2) is 11.5 Å². The highest BCUT2D eigenvalue weighted by molar-refractivity contribution is 9.10. The van der Waals surface area contributed by atoms with E-state index in [1.54, 1.807) is 30.5 Å². The maximum Gasteiger partial charge on any atom is 0.262 e. The third-order valence-corrected chi connectivity index (χ3v) is 2.71. The Morgan fingerprint density at radius 1 is 1.28 bits per heavy atom. The van der Waals surface area contributed by atoms with Gasteiger partial charge in [0.25, 0.3) is 5.88 Å². The van der Waals surface area contributed by atoms with Crippen molar-refractivity contribution in [1.82, 2.24) is 4.98 Å². The summed E-state index contributed by atoms with van der Waals surface area (Å²) in [5, 5.41) is 0. The number of ether oxygens (including phenoxy) is 2. The van der Waals surface area contributed by atoms with E-state index in [0.29, 0.717) is 29.7 Å². The average molecular weight is 309 g/mol. The topological polar surface area (TPSA) is 57.4 Å². The van der Waals surface area contributed by atoms with Crippen molar-refractivity contribution in [2.45, 2.75) is 6.92 Å². The third kappa shape index (κ3) is 2.92. The SMILES string of the molecule is CCOc1cccnc1Oc1ccc(Br)cc1N. The lowest BCUT2D eigenvalue weighted by Crippen LogP contribution is -1.98. The Bertz CT molecular complexity index is 546. The standard InChI is InChI=1S/C13H13BrN2O2/c1-2-17-12-4-3-7-16-13(12)18-11-6-5-9(14)8-10(11)15/h3-8H,2,15H2,1H3. The molecule has 0 fully saturated rings. The van der Waals surface area contributed by atoms with Crippen LogP contribution in [0.5, 0.6) is 17.4 Å². The summed E-state index contributed by atoms with van der Waals surface area (Å²) in [6.45, 7) is 2.46. The highest BCUT2D eigenvalue weighted by Gasteiger charge is 2.09. The van der Waals surface area contributed by atoms with Gasteiger partial charge in [-0.1, -0.05) is 15.9 Å². The number of rotatable bonds is 4. The number of hydrogen-bond donors (Lipinski definition) is 1. The van der Waals surface area contributed by atoms with Crippen LogP contribution in [0.4, 0.5) is 5.69 Å². The molecule has 0 saturated carbocycles. The molecular formula is C13H13BrN2O2. The van der Waals surface area contributed by atoms with Crippen LogP contribution in [-0.2, 0) is 0 Å². The lowest BCUT2D eigenvalue weighted by Gasteiger charge is -2.11. The molecule has 0 spiro atoms. The fraction of sp³-hybridized carbons (Fsp3) is 0.154. The second-order valence-corrected chi connectivity index (χ2v) is 4.44. The normalized spacial score (nSPS) is 10.1. The van der Waals surface area contributed by atoms with E-state index in [-0.39, 0.29) is 0 Å². The van der Waals surface area contributed by atoms with Crippen LogP contribution < -0.4 is 15.2 Å². The van der Waals surface area contributed by atoms with Crippen LogP contribution in [0.3, 0.4) is 0 Å². The summed E-state index contributed by atoms with van der Waals surface area (Å²) in [6.07, 6.45) is 1.65. The molecule has 2 aromatic rings. The smallest absolute Gasteiger partial charge is 0.262 e. The van der Waals surface area contributed by atoms with Crippen molar-refractivity contribution in [1.29, 1.82) is 0 Å². The maximum absolute atomic E-state index is 5.87. The third-order valence-electron chi connectivity index (χ3n) is 2.21. The van der Waals surface area contributed by atoms with Crippen LogP contribution in [0, 0.1) is 0 Å². The minimum Gasteiger partial charge on any atom is -0.488 e. The average Bonchev–Trinajstić information content (AvgIpc) is 2.35. The predicted molar refractivity (Wildman–Crippen MR) is 74.0 cm³/mol. The lowest BCUT2D eigenvalue weighted by molar-refractivity contribution is 0.316. The quantitative estimate of drug-likeness (QED) is 0.876.